The molecule has 0 unspecified atom stereocenters. The Kier molecular flexibility index (Phi) is 4.17. The van der Waals surface area contributed by atoms with Crippen LogP contribution < -0.4 is 10.6 Å². The predicted octanol–water partition coefficient (Wildman–Crippen LogP) is 1.44. The highest BCUT2D eigenvalue weighted by Gasteiger charge is 1.97. The van der Waals surface area contributed by atoms with Crippen molar-refractivity contribution in [3.63, 3.8) is 0 Å². The van der Waals surface area contributed by atoms with E-state index in [0.717, 1.165) is 22.7 Å². The first-order chi connectivity index (χ1) is 6.83. The van der Waals surface area contributed by atoms with Gasteiger partial charge in [-0.1, -0.05) is 19.1 Å². The third-order valence-electron chi connectivity index (χ3n) is 2.05. The van der Waals surface area contributed by atoms with Crippen LogP contribution in [0.1, 0.15) is 27.2 Å². The van der Waals surface area contributed by atoms with Crippen molar-refractivity contribution in [1.82, 2.24) is 4.98 Å². The predicted molar refractivity (Wildman–Crippen MR) is 59.0 cm³/mol. The monoisotopic (exact) mass is 191 g/mol. The maximum atomic E-state index is 5.55. The Labute approximate surface area is 84.9 Å². The first kappa shape index (κ1) is 10.8. The Morgan fingerprint density at radius 3 is 2.86 bits per heavy atom. The van der Waals surface area contributed by atoms with Crippen LogP contribution in [0, 0.1) is 0 Å². The summed E-state index contributed by atoms with van der Waals surface area (Å²) in [5, 5.41) is 2.11. The highest BCUT2D eigenvalue weighted by molar-refractivity contribution is 5.35. The molecule has 0 saturated carbocycles. The summed E-state index contributed by atoms with van der Waals surface area (Å²) in [4.78, 5) is 4.35. The van der Waals surface area contributed by atoms with Crippen molar-refractivity contribution < 1.29 is 4.74 Å². The highest BCUT2D eigenvalue weighted by atomic mass is 16.5. The highest BCUT2D eigenvalue weighted by Crippen LogP contribution is 1.99. The Bertz CT molecular complexity index is 395. The van der Waals surface area contributed by atoms with Crippen molar-refractivity contribution >= 4 is 11.8 Å². The molecule has 1 heterocycles. The summed E-state index contributed by atoms with van der Waals surface area (Å²) < 4.78 is 5.55. The number of ether oxygens (including phenoxy) is 1. The number of hydrogen-bond donors (Lipinski definition) is 0. The largest absolute Gasteiger partial charge is 0.496 e. The van der Waals surface area contributed by atoms with E-state index in [4.69, 9.17) is 4.74 Å². The summed E-state index contributed by atoms with van der Waals surface area (Å²) in [5.41, 5.74) is 0. The van der Waals surface area contributed by atoms with Gasteiger partial charge in [-0.25, -0.2) is 0 Å². The van der Waals surface area contributed by atoms with Crippen molar-refractivity contribution in [3.8, 4) is 0 Å². The molecule has 76 valence electrons. The zero-order valence-corrected chi connectivity index (χ0v) is 9.08. The third kappa shape index (κ3) is 2.34. The minimum absolute atomic E-state index is 0.697. The molecule has 2 nitrogen and oxygen atoms in total. The SMILES string of the molecule is C/C=c1/cccn/c1=C(/CC)OCC. The van der Waals surface area contributed by atoms with E-state index in [1.165, 1.54) is 0 Å². The number of rotatable bonds is 3. The van der Waals surface area contributed by atoms with Gasteiger partial charge < -0.3 is 4.74 Å². The Hall–Kier alpha value is -1.31. The molecule has 0 radical (unpaired) electrons. The van der Waals surface area contributed by atoms with Crippen LogP contribution in [0.3, 0.4) is 0 Å². The van der Waals surface area contributed by atoms with Gasteiger partial charge in [0.25, 0.3) is 0 Å². The van der Waals surface area contributed by atoms with Gasteiger partial charge in [0.1, 0.15) is 11.1 Å². The molecular weight excluding hydrogens is 174 g/mol. The molecule has 0 aliphatic rings. The molecule has 0 amide bonds. The second-order valence-corrected chi connectivity index (χ2v) is 2.94. The molecule has 0 spiro atoms. The molecule has 0 aliphatic carbocycles. The fourth-order valence-corrected chi connectivity index (χ4v) is 1.40. The summed E-state index contributed by atoms with van der Waals surface area (Å²) in [5.74, 6) is 0.973. The van der Waals surface area contributed by atoms with Gasteiger partial charge in [0, 0.05) is 12.6 Å². The van der Waals surface area contributed by atoms with E-state index >= 15 is 0 Å². The van der Waals surface area contributed by atoms with Gasteiger partial charge >= 0.3 is 0 Å². The van der Waals surface area contributed by atoms with E-state index < -0.39 is 0 Å². The van der Waals surface area contributed by atoms with Gasteiger partial charge in [-0.05, 0) is 25.1 Å². The lowest BCUT2D eigenvalue weighted by Gasteiger charge is -2.05. The Morgan fingerprint density at radius 1 is 1.50 bits per heavy atom. The third-order valence-corrected chi connectivity index (χ3v) is 2.05. The lowest BCUT2D eigenvalue weighted by atomic mass is 10.2. The van der Waals surface area contributed by atoms with Crippen molar-refractivity contribution in [3.05, 3.63) is 28.9 Å². The van der Waals surface area contributed by atoms with E-state index in [2.05, 4.69) is 24.1 Å². The quantitative estimate of drug-likeness (QED) is 0.721. The van der Waals surface area contributed by atoms with Crippen molar-refractivity contribution in [1.29, 1.82) is 0 Å². The summed E-state index contributed by atoms with van der Waals surface area (Å²) in [6, 6.07) is 4.00. The summed E-state index contributed by atoms with van der Waals surface area (Å²) >= 11 is 0. The molecule has 14 heavy (non-hydrogen) atoms. The van der Waals surface area contributed by atoms with E-state index in [0.29, 0.717) is 6.61 Å². The van der Waals surface area contributed by atoms with Gasteiger partial charge in [0.15, 0.2) is 0 Å². The van der Waals surface area contributed by atoms with E-state index in [1.807, 2.05) is 19.9 Å². The zero-order chi connectivity index (χ0) is 10.4. The Morgan fingerprint density at radius 2 is 2.29 bits per heavy atom. The molecule has 0 bridgehead atoms. The first-order valence-electron chi connectivity index (χ1n) is 5.06. The lowest BCUT2D eigenvalue weighted by molar-refractivity contribution is 0.282. The fourth-order valence-electron chi connectivity index (χ4n) is 1.40. The average molecular weight is 191 g/mol. The second-order valence-electron chi connectivity index (χ2n) is 2.94. The van der Waals surface area contributed by atoms with Crippen LogP contribution in [-0.2, 0) is 4.74 Å². The molecule has 0 fully saturated rings. The van der Waals surface area contributed by atoms with Gasteiger partial charge in [0.05, 0.1) is 6.61 Å². The molecule has 1 aromatic heterocycles. The zero-order valence-electron chi connectivity index (χ0n) is 9.08. The maximum absolute atomic E-state index is 5.55. The first-order valence-corrected chi connectivity index (χ1v) is 5.06. The number of nitrogens with zero attached hydrogens (tertiary/aromatic N) is 1. The van der Waals surface area contributed by atoms with Crippen LogP contribution in [0.4, 0.5) is 0 Å². The van der Waals surface area contributed by atoms with E-state index in [1.54, 1.807) is 6.20 Å². The molecule has 0 atom stereocenters. The smallest absolute Gasteiger partial charge is 0.122 e. The van der Waals surface area contributed by atoms with Crippen LogP contribution in [-0.4, -0.2) is 11.6 Å². The topological polar surface area (TPSA) is 22.1 Å². The summed E-state index contributed by atoms with van der Waals surface area (Å²) in [7, 11) is 0. The fraction of sp³-hybridized carbons (Fsp3) is 0.417. The van der Waals surface area contributed by atoms with Crippen LogP contribution in [0.25, 0.3) is 11.8 Å². The lowest BCUT2D eigenvalue weighted by Crippen LogP contribution is -2.30. The number of aromatic nitrogens is 1. The van der Waals surface area contributed by atoms with Crippen LogP contribution in [0.5, 0.6) is 0 Å². The molecule has 1 aromatic rings. The standard InChI is InChI=1S/C12H17NO/c1-4-10-8-7-9-13-12(10)11(5-2)14-6-3/h4,7-9H,5-6H2,1-3H3/b10-4-,12-11-. The maximum Gasteiger partial charge on any atom is 0.122 e. The van der Waals surface area contributed by atoms with E-state index in [-0.39, 0.29) is 0 Å². The molecule has 0 aliphatic heterocycles. The number of pyridine rings is 1. The molecule has 0 aromatic carbocycles. The van der Waals surface area contributed by atoms with Crippen LogP contribution >= 0.6 is 0 Å². The average Bonchev–Trinajstić information content (AvgIpc) is 2.26. The van der Waals surface area contributed by atoms with Crippen molar-refractivity contribution in [2.75, 3.05) is 6.61 Å². The van der Waals surface area contributed by atoms with Gasteiger partial charge in [0.2, 0.25) is 0 Å². The second kappa shape index (κ2) is 5.43. The van der Waals surface area contributed by atoms with Crippen molar-refractivity contribution in [2.24, 2.45) is 0 Å². The molecule has 2 heteroatoms. The van der Waals surface area contributed by atoms with Crippen LogP contribution in [0.2, 0.25) is 0 Å². The van der Waals surface area contributed by atoms with Crippen molar-refractivity contribution in [2.45, 2.75) is 27.2 Å². The van der Waals surface area contributed by atoms with Crippen LogP contribution in [0.15, 0.2) is 18.3 Å². The minimum Gasteiger partial charge on any atom is -0.496 e. The minimum atomic E-state index is 0.697. The van der Waals surface area contributed by atoms with E-state index in [9.17, 15) is 0 Å². The summed E-state index contributed by atoms with van der Waals surface area (Å²) in [6.45, 7) is 6.79. The van der Waals surface area contributed by atoms with Gasteiger partial charge in [-0.2, -0.15) is 0 Å². The molecule has 0 saturated heterocycles. The number of hydrogen-bond acceptors (Lipinski definition) is 2. The molecule has 0 N–H and O–H groups in total. The van der Waals surface area contributed by atoms with Gasteiger partial charge in [-0.15, -0.1) is 0 Å². The molecule has 1 rings (SSSR count). The van der Waals surface area contributed by atoms with Gasteiger partial charge in [-0.3, -0.25) is 4.98 Å². The Balaban J connectivity index is 3.39. The normalized spacial score (nSPS) is 14.1. The molecular formula is C12H17NO. The summed E-state index contributed by atoms with van der Waals surface area (Å²) in [6.07, 6.45) is 4.74.